The summed E-state index contributed by atoms with van der Waals surface area (Å²) in [5, 5.41) is 6.13. The Labute approximate surface area is 231 Å². The number of nitrogens with one attached hydrogen (secondary N) is 2. The number of anilines is 2. The molecule has 1 unspecified atom stereocenters. The maximum Gasteiger partial charge on any atom is 0.271 e. The van der Waals surface area contributed by atoms with Crippen molar-refractivity contribution in [1.29, 1.82) is 0 Å². The van der Waals surface area contributed by atoms with Crippen LogP contribution in [0.4, 0.5) is 11.5 Å². The van der Waals surface area contributed by atoms with Gasteiger partial charge in [-0.05, 0) is 55.5 Å². The van der Waals surface area contributed by atoms with Crippen molar-refractivity contribution in [3.63, 3.8) is 0 Å². The van der Waals surface area contributed by atoms with Crippen LogP contribution in [0.2, 0.25) is 0 Å². The molecule has 1 atom stereocenters. The molecule has 0 spiro atoms. The van der Waals surface area contributed by atoms with Crippen LogP contribution in [0.25, 0.3) is 0 Å². The molecule has 0 aliphatic carbocycles. The van der Waals surface area contributed by atoms with Crippen LogP contribution < -0.4 is 16.4 Å². The van der Waals surface area contributed by atoms with Gasteiger partial charge in [0.15, 0.2) is 11.5 Å². The fourth-order valence-electron chi connectivity index (χ4n) is 4.25. The Balaban J connectivity index is 1.59. The van der Waals surface area contributed by atoms with Gasteiger partial charge in [-0.25, -0.2) is 9.97 Å². The summed E-state index contributed by atoms with van der Waals surface area (Å²) in [5.41, 5.74) is 9.03. The molecule has 0 saturated carbocycles. The first-order chi connectivity index (χ1) is 18.6. The number of hydrogen-bond donors (Lipinski definition) is 3. The molecule has 1 fully saturated rings. The smallest absolute Gasteiger partial charge is 0.271 e. The molecule has 2 aromatic rings. The lowest BCUT2D eigenvalue weighted by Gasteiger charge is -2.29. The molecular formula is C29H41N7O3. The van der Waals surface area contributed by atoms with E-state index in [4.69, 9.17) is 10.7 Å². The lowest BCUT2D eigenvalue weighted by Crippen LogP contribution is -2.39. The van der Waals surface area contributed by atoms with Crippen molar-refractivity contribution in [3.8, 4) is 0 Å². The van der Waals surface area contributed by atoms with Crippen molar-refractivity contribution in [3.05, 3.63) is 59.1 Å². The fourth-order valence-corrected chi connectivity index (χ4v) is 4.25. The van der Waals surface area contributed by atoms with Crippen LogP contribution in [-0.4, -0.2) is 77.3 Å². The first-order valence-electron chi connectivity index (χ1n) is 13.6. The summed E-state index contributed by atoms with van der Waals surface area (Å²) < 4.78 is 0. The molecule has 1 saturated heterocycles. The van der Waals surface area contributed by atoms with Gasteiger partial charge in [-0.3, -0.25) is 19.3 Å². The molecule has 4 N–H and O–H groups in total. The Hall–Kier alpha value is -3.79. The van der Waals surface area contributed by atoms with E-state index in [9.17, 15) is 14.4 Å². The second-order valence-corrected chi connectivity index (χ2v) is 10.3. The molecule has 10 heteroatoms. The summed E-state index contributed by atoms with van der Waals surface area (Å²) in [6.45, 7) is 11.3. The maximum atomic E-state index is 12.5. The highest BCUT2D eigenvalue weighted by molar-refractivity contribution is 5.96. The largest absolute Gasteiger partial charge is 0.364 e. The molecule has 10 nitrogen and oxygen atoms in total. The Bertz CT molecular complexity index is 1210. The van der Waals surface area contributed by atoms with Crippen molar-refractivity contribution in [1.82, 2.24) is 25.1 Å². The average Bonchev–Trinajstić information content (AvgIpc) is 2.88. The van der Waals surface area contributed by atoms with Crippen LogP contribution in [0.5, 0.6) is 0 Å². The quantitative estimate of drug-likeness (QED) is 0.336. The molecule has 210 valence electrons. The third-order valence-corrected chi connectivity index (χ3v) is 6.77. The van der Waals surface area contributed by atoms with Crippen molar-refractivity contribution < 1.29 is 14.4 Å². The van der Waals surface area contributed by atoms with Crippen LogP contribution in [0.15, 0.2) is 36.4 Å². The number of carbonyl (C=O) groups excluding carboxylic acids is 3. The third kappa shape index (κ3) is 8.35. The fraction of sp³-hybridized carbons (Fsp3) is 0.483. The van der Waals surface area contributed by atoms with E-state index in [1.807, 2.05) is 58.0 Å². The highest BCUT2D eigenvalue weighted by Crippen LogP contribution is 2.26. The monoisotopic (exact) mass is 535 g/mol. The minimum absolute atomic E-state index is 0.00326. The predicted octanol–water partition coefficient (Wildman–Crippen LogP) is 2.94. The summed E-state index contributed by atoms with van der Waals surface area (Å²) in [5.74, 6) is -0.584. The topological polar surface area (TPSA) is 134 Å². The number of benzene rings is 1. The zero-order valence-corrected chi connectivity index (χ0v) is 23.7. The number of likely N-dealkylation sites (tertiary alicyclic amines) is 1. The normalized spacial score (nSPS) is 14.2. The van der Waals surface area contributed by atoms with Gasteiger partial charge in [0.25, 0.3) is 5.91 Å². The number of nitrogens with two attached hydrogens (primary N) is 1. The van der Waals surface area contributed by atoms with Gasteiger partial charge in [0.1, 0.15) is 0 Å². The van der Waals surface area contributed by atoms with Gasteiger partial charge >= 0.3 is 0 Å². The minimum atomic E-state index is -0.641. The summed E-state index contributed by atoms with van der Waals surface area (Å²) in [7, 11) is 1.62. The maximum absolute atomic E-state index is 12.5. The van der Waals surface area contributed by atoms with Gasteiger partial charge in [-0.15, -0.1) is 0 Å². The molecule has 2 heterocycles. The van der Waals surface area contributed by atoms with Gasteiger partial charge in [-0.1, -0.05) is 45.9 Å². The molecule has 1 aliphatic heterocycles. The molecule has 1 aromatic carbocycles. The second-order valence-electron chi connectivity index (χ2n) is 10.3. The van der Waals surface area contributed by atoms with E-state index in [0.29, 0.717) is 18.8 Å². The first kappa shape index (κ1) is 29.8. The molecule has 0 radical (unpaired) electrons. The molecule has 3 rings (SSSR count). The number of rotatable bonds is 13. The Morgan fingerprint density at radius 2 is 1.92 bits per heavy atom. The summed E-state index contributed by atoms with van der Waals surface area (Å²) in [6.07, 6.45) is 5.23. The molecule has 3 amide bonds. The van der Waals surface area contributed by atoms with Gasteiger partial charge in [-0.2, -0.15) is 0 Å². The Morgan fingerprint density at radius 3 is 2.54 bits per heavy atom. The molecule has 0 bridgehead atoms. The number of amides is 3. The summed E-state index contributed by atoms with van der Waals surface area (Å²) in [4.78, 5) is 49.7. The third-order valence-electron chi connectivity index (χ3n) is 6.77. The summed E-state index contributed by atoms with van der Waals surface area (Å²) in [6, 6.07) is 7.70. The van der Waals surface area contributed by atoms with E-state index >= 15 is 0 Å². The van der Waals surface area contributed by atoms with Crippen LogP contribution in [0.3, 0.4) is 0 Å². The number of primary amides is 1. The number of likely N-dealkylation sites (N-methyl/N-ethyl adjacent to an activating group) is 1. The molecular weight excluding hydrogens is 494 g/mol. The number of aryl methyl sites for hydroxylation is 1. The van der Waals surface area contributed by atoms with Gasteiger partial charge in [0.2, 0.25) is 11.8 Å². The van der Waals surface area contributed by atoms with Crippen LogP contribution in [0.1, 0.15) is 73.4 Å². The van der Waals surface area contributed by atoms with E-state index in [1.165, 1.54) is 17.4 Å². The highest BCUT2D eigenvalue weighted by atomic mass is 16.2. The first-order valence-corrected chi connectivity index (χ1v) is 13.6. The van der Waals surface area contributed by atoms with E-state index < -0.39 is 5.91 Å². The summed E-state index contributed by atoms with van der Waals surface area (Å²) >= 11 is 0. The van der Waals surface area contributed by atoms with Crippen molar-refractivity contribution in [2.24, 2.45) is 5.73 Å². The number of aromatic nitrogens is 2. The second kappa shape index (κ2) is 13.8. The Kier molecular flexibility index (Phi) is 10.6. The van der Waals surface area contributed by atoms with Crippen LogP contribution in [0, 0.1) is 0 Å². The molecule has 39 heavy (non-hydrogen) atoms. The number of nitrogens with zero attached hydrogens (tertiary/aromatic N) is 4. The zero-order valence-electron chi connectivity index (χ0n) is 23.7. The van der Waals surface area contributed by atoms with E-state index in [2.05, 4.69) is 20.5 Å². The number of carbonyl (C=O) groups is 3. The van der Waals surface area contributed by atoms with Crippen molar-refractivity contribution >= 4 is 29.2 Å². The number of hydrogen-bond acceptors (Lipinski definition) is 7. The molecule has 1 aliphatic rings. The van der Waals surface area contributed by atoms with E-state index in [-0.39, 0.29) is 35.9 Å². The van der Waals surface area contributed by atoms with Gasteiger partial charge in [0, 0.05) is 31.9 Å². The predicted molar refractivity (Wildman–Crippen MR) is 153 cm³/mol. The SMILES string of the molecule is CCc1nc(C(N)=O)c(Nc2cccc(C(C)CNC(=O)CN(C)C(=O)/C=C/CN3CCC3)c2)nc1C(C)C. The van der Waals surface area contributed by atoms with E-state index in [0.717, 1.165) is 42.3 Å². The zero-order chi connectivity index (χ0) is 28.5. The molecule has 1 aromatic heterocycles. The van der Waals surface area contributed by atoms with Crippen LogP contribution in [-0.2, 0) is 16.0 Å². The highest BCUT2D eigenvalue weighted by Gasteiger charge is 2.19. The lowest BCUT2D eigenvalue weighted by atomic mass is 10.0. The van der Waals surface area contributed by atoms with Crippen molar-refractivity contribution in [2.45, 2.75) is 52.4 Å². The van der Waals surface area contributed by atoms with Gasteiger partial charge in [0.05, 0.1) is 17.9 Å². The minimum Gasteiger partial charge on any atom is -0.364 e. The van der Waals surface area contributed by atoms with Crippen LogP contribution >= 0.6 is 0 Å². The van der Waals surface area contributed by atoms with Gasteiger partial charge < -0.3 is 21.3 Å². The standard InChI is InChI=1S/C29H41N7O3/c1-6-23-26(19(2)3)34-29(27(33-23)28(30)39)32-22-11-7-10-21(16-22)20(4)17-31-24(37)18-35(5)25(38)12-8-13-36-14-9-15-36/h7-8,10-12,16,19-20H,6,9,13-15,17-18H2,1-5H3,(H2,30,39)(H,31,37)(H,32,34)/b12-8+. The van der Waals surface area contributed by atoms with E-state index in [1.54, 1.807) is 7.05 Å². The lowest BCUT2D eigenvalue weighted by molar-refractivity contribution is -0.131. The Morgan fingerprint density at radius 1 is 1.18 bits per heavy atom. The van der Waals surface area contributed by atoms with Crippen molar-refractivity contribution in [2.75, 3.05) is 45.1 Å². The average molecular weight is 536 g/mol.